The van der Waals surface area contributed by atoms with Gasteiger partial charge in [-0.25, -0.2) is 4.79 Å². The normalized spacial score (nSPS) is 22.1. The molecule has 1 aromatic rings. The Hall–Kier alpha value is -1.52. The van der Waals surface area contributed by atoms with Crippen LogP contribution in [0.4, 0.5) is 4.79 Å². The van der Waals surface area contributed by atoms with Gasteiger partial charge in [0, 0.05) is 0 Å². The predicted octanol–water partition coefficient (Wildman–Crippen LogP) is 3.34. The summed E-state index contributed by atoms with van der Waals surface area (Å²) in [5.41, 5.74) is 0.183. The molecule has 0 radical (unpaired) electrons. The van der Waals surface area contributed by atoms with Gasteiger partial charge in [0.15, 0.2) is 0 Å². The van der Waals surface area contributed by atoms with E-state index in [1.807, 2.05) is 0 Å². The predicted molar refractivity (Wildman–Crippen MR) is 78.9 cm³/mol. The Balaban J connectivity index is 2.40. The van der Waals surface area contributed by atoms with Gasteiger partial charge in [-0.15, -0.1) is 0 Å². The highest BCUT2D eigenvalue weighted by atomic mass is 35.5. The molecule has 0 bridgehead atoms. The third-order valence-corrected chi connectivity index (χ3v) is 3.94. The second kappa shape index (κ2) is 5.11. The zero-order chi connectivity index (χ0) is 15.1. The maximum atomic E-state index is 12.5. The first-order chi connectivity index (χ1) is 9.25. The molecule has 0 saturated carbocycles. The zero-order valence-corrected chi connectivity index (χ0v) is 12.7. The summed E-state index contributed by atoms with van der Waals surface area (Å²) in [6, 6.07) is 4.43. The van der Waals surface area contributed by atoms with Gasteiger partial charge in [0.2, 0.25) is 0 Å². The lowest BCUT2D eigenvalue weighted by atomic mass is 9.92. The van der Waals surface area contributed by atoms with Gasteiger partial charge in [-0.1, -0.05) is 41.4 Å². The Labute approximate surface area is 127 Å². The molecule has 20 heavy (non-hydrogen) atoms. The van der Waals surface area contributed by atoms with Gasteiger partial charge in [0.1, 0.15) is 5.54 Å². The lowest BCUT2D eigenvalue weighted by molar-refractivity contribution is -0.130. The summed E-state index contributed by atoms with van der Waals surface area (Å²) >= 11 is 11.8. The average Bonchev–Trinajstić information content (AvgIpc) is 2.57. The quantitative estimate of drug-likeness (QED) is 0.687. The molecule has 1 fully saturated rings. The van der Waals surface area contributed by atoms with Crippen LogP contribution >= 0.6 is 23.2 Å². The van der Waals surface area contributed by atoms with Crippen molar-refractivity contribution < 1.29 is 9.59 Å². The molecule has 1 aliphatic rings. The lowest BCUT2D eigenvalue weighted by Gasteiger charge is -2.22. The molecule has 0 spiro atoms. The van der Waals surface area contributed by atoms with Crippen molar-refractivity contribution in [3.8, 4) is 0 Å². The molecular weight excluding hydrogens is 299 g/mol. The van der Waals surface area contributed by atoms with Crippen molar-refractivity contribution in [3.63, 3.8) is 0 Å². The number of hydrogen-bond acceptors (Lipinski definition) is 2. The first-order valence-electron chi connectivity index (χ1n) is 5.99. The van der Waals surface area contributed by atoms with Crippen LogP contribution in [0.1, 0.15) is 19.4 Å². The van der Waals surface area contributed by atoms with Crippen LogP contribution in [0.5, 0.6) is 0 Å². The van der Waals surface area contributed by atoms with E-state index in [9.17, 15) is 9.59 Å². The van der Waals surface area contributed by atoms with E-state index in [0.717, 1.165) is 10.5 Å². The van der Waals surface area contributed by atoms with Crippen LogP contribution in [0, 0.1) is 0 Å². The van der Waals surface area contributed by atoms with Gasteiger partial charge >= 0.3 is 6.03 Å². The number of imide groups is 1. The maximum absolute atomic E-state index is 12.5. The molecule has 1 aromatic carbocycles. The summed E-state index contributed by atoms with van der Waals surface area (Å²) in [6.45, 7) is 7.32. The number of benzene rings is 1. The van der Waals surface area contributed by atoms with Gasteiger partial charge in [-0.3, -0.25) is 9.69 Å². The Morgan fingerprint density at radius 1 is 1.35 bits per heavy atom. The molecule has 1 N–H and O–H groups in total. The summed E-state index contributed by atoms with van der Waals surface area (Å²) in [6.07, 6.45) is 0. The second-order valence-corrected chi connectivity index (χ2v) is 5.85. The van der Waals surface area contributed by atoms with Crippen LogP contribution in [-0.4, -0.2) is 23.4 Å². The minimum atomic E-state index is -1.14. The van der Waals surface area contributed by atoms with Crippen molar-refractivity contribution in [2.45, 2.75) is 19.4 Å². The summed E-state index contributed by atoms with van der Waals surface area (Å²) < 4.78 is 0. The molecule has 1 atom stereocenters. The van der Waals surface area contributed by atoms with E-state index in [-0.39, 0.29) is 12.5 Å². The largest absolute Gasteiger partial charge is 0.325 e. The van der Waals surface area contributed by atoms with Crippen LogP contribution < -0.4 is 5.32 Å². The monoisotopic (exact) mass is 312 g/mol. The fraction of sp³-hybridized carbons (Fsp3) is 0.286. The number of carbonyl (C=O) groups excluding carboxylic acids is 2. The molecule has 4 nitrogen and oxygen atoms in total. The van der Waals surface area contributed by atoms with Crippen molar-refractivity contribution in [3.05, 3.63) is 46.0 Å². The van der Waals surface area contributed by atoms with Crippen molar-refractivity contribution in [2.75, 3.05) is 6.54 Å². The van der Waals surface area contributed by atoms with Gasteiger partial charge in [-0.05, 0) is 31.5 Å². The van der Waals surface area contributed by atoms with Gasteiger partial charge < -0.3 is 5.32 Å². The smallest absolute Gasteiger partial charge is 0.319 e. The van der Waals surface area contributed by atoms with Gasteiger partial charge in [0.05, 0.1) is 16.6 Å². The van der Waals surface area contributed by atoms with Crippen LogP contribution in [0.3, 0.4) is 0 Å². The van der Waals surface area contributed by atoms with Crippen LogP contribution in [0.25, 0.3) is 0 Å². The van der Waals surface area contributed by atoms with E-state index in [2.05, 4.69) is 11.9 Å². The highest BCUT2D eigenvalue weighted by Gasteiger charge is 2.48. The Kier molecular flexibility index (Phi) is 3.80. The molecule has 1 heterocycles. The van der Waals surface area contributed by atoms with E-state index in [1.54, 1.807) is 32.0 Å². The maximum Gasteiger partial charge on any atom is 0.325 e. The number of urea groups is 1. The first kappa shape index (κ1) is 14.9. The zero-order valence-electron chi connectivity index (χ0n) is 11.2. The van der Waals surface area contributed by atoms with Gasteiger partial charge in [0.25, 0.3) is 5.91 Å². The van der Waals surface area contributed by atoms with Crippen molar-refractivity contribution in [2.24, 2.45) is 0 Å². The van der Waals surface area contributed by atoms with Crippen LogP contribution in [-0.2, 0) is 10.3 Å². The number of hydrogen-bond donors (Lipinski definition) is 1. The number of nitrogens with one attached hydrogen (secondary N) is 1. The molecule has 1 unspecified atom stereocenters. The third-order valence-electron chi connectivity index (χ3n) is 3.20. The Bertz CT molecular complexity index is 615. The van der Waals surface area contributed by atoms with E-state index in [1.165, 1.54) is 0 Å². The SMILES string of the molecule is C=C(C)CN1C(=O)NC(C)(c2ccc(Cl)c(Cl)c2)C1=O. The molecular formula is C14H14Cl2N2O2. The molecule has 106 valence electrons. The topological polar surface area (TPSA) is 49.4 Å². The van der Waals surface area contributed by atoms with Crippen molar-refractivity contribution in [1.82, 2.24) is 10.2 Å². The molecule has 1 aliphatic heterocycles. The summed E-state index contributed by atoms with van der Waals surface area (Å²) in [7, 11) is 0. The second-order valence-electron chi connectivity index (χ2n) is 5.03. The fourth-order valence-corrected chi connectivity index (χ4v) is 2.41. The van der Waals surface area contributed by atoms with E-state index < -0.39 is 11.6 Å². The fourth-order valence-electron chi connectivity index (χ4n) is 2.11. The minimum Gasteiger partial charge on any atom is -0.319 e. The molecule has 2 rings (SSSR count). The Morgan fingerprint density at radius 2 is 2.00 bits per heavy atom. The number of nitrogens with zero attached hydrogens (tertiary/aromatic N) is 1. The first-order valence-corrected chi connectivity index (χ1v) is 6.75. The molecule has 6 heteroatoms. The highest BCUT2D eigenvalue weighted by molar-refractivity contribution is 6.42. The summed E-state index contributed by atoms with van der Waals surface area (Å²) in [5, 5.41) is 3.43. The van der Waals surface area contributed by atoms with Crippen molar-refractivity contribution in [1.29, 1.82) is 0 Å². The standard InChI is InChI=1S/C14H14Cl2N2O2/c1-8(2)7-18-12(19)14(3,17-13(18)20)9-4-5-10(15)11(16)6-9/h4-6H,1,7H2,2-3H3,(H,17,20). The van der Waals surface area contributed by atoms with Crippen LogP contribution in [0.2, 0.25) is 10.0 Å². The molecule has 1 saturated heterocycles. The Morgan fingerprint density at radius 3 is 2.55 bits per heavy atom. The summed E-state index contributed by atoms with van der Waals surface area (Å²) in [4.78, 5) is 25.6. The molecule has 0 aliphatic carbocycles. The summed E-state index contributed by atoms with van der Waals surface area (Å²) in [5.74, 6) is -0.330. The highest BCUT2D eigenvalue weighted by Crippen LogP contribution is 2.33. The van der Waals surface area contributed by atoms with Gasteiger partial charge in [-0.2, -0.15) is 0 Å². The molecule has 3 amide bonds. The number of amides is 3. The minimum absolute atomic E-state index is 0.196. The number of halogens is 2. The van der Waals surface area contributed by atoms with E-state index >= 15 is 0 Å². The third kappa shape index (κ3) is 2.41. The number of rotatable bonds is 3. The van der Waals surface area contributed by atoms with Crippen LogP contribution in [0.15, 0.2) is 30.4 Å². The van der Waals surface area contributed by atoms with E-state index in [4.69, 9.17) is 23.2 Å². The van der Waals surface area contributed by atoms with Crippen molar-refractivity contribution >= 4 is 35.1 Å². The van der Waals surface area contributed by atoms with E-state index in [0.29, 0.717) is 15.6 Å². The lowest BCUT2D eigenvalue weighted by Crippen LogP contribution is -2.41. The number of carbonyl (C=O) groups is 2. The average molecular weight is 313 g/mol. The molecule has 0 aromatic heterocycles.